The molecule has 2 amide bonds. The van der Waals surface area contributed by atoms with Crippen molar-refractivity contribution in [3.63, 3.8) is 0 Å². The van der Waals surface area contributed by atoms with Crippen LogP contribution in [0.2, 0.25) is 10.0 Å². The number of amides is 2. The number of urea groups is 1. The average molecular weight is 317 g/mol. The van der Waals surface area contributed by atoms with Gasteiger partial charge in [0.25, 0.3) is 0 Å². The van der Waals surface area contributed by atoms with Crippen LogP contribution >= 0.6 is 23.2 Å². The number of nitrogens with one attached hydrogen (secondary N) is 2. The molecule has 7 heteroatoms. The molecule has 1 rings (SSSR count). The molecule has 1 aromatic carbocycles. The van der Waals surface area contributed by atoms with Crippen molar-refractivity contribution in [3.05, 3.63) is 40.4 Å². The van der Waals surface area contributed by atoms with Gasteiger partial charge in [0.2, 0.25) is 0 Å². The number of carboxylic acids is 1. The zero-order chi connectivity index (χ0) is 15.3. The maximum Gasteiger partial charge on any atom is 0.326 e. The first-order valence-electron chi connectivity index (χ1n) is 5.72. The second-order valence-electron chi connectivity index (χ2n) is 4.07. The standard InChI is InChI=1S/C13H14Cl2N2O3/c1-3-4-9(12(18)19)16-13(20)17-11-8(14)6-5-7(2)10(11)15/h3,5-6,9H,1,4H2,2H3,(H,18,19)(H2,16,17,20). The Bertz CT molecular complexity index is 547. The summed E-state index contributed by atoms with van der Waals surface area (Å²) in [7, 11) is 0. The van der Waals surface area contributed by atoms with Crippen LogP contribution in [0.5, 0.6) is 0 Å². The molecular formula is C13H14Cl2N2O3. The summed E-state index contributed by atoms with van der Waals surface area (Å²) in [5.74, 6) is -1.15. The number of carboxylic acid groups (broad SMARTS) is 1. The van der Waals surface area contributed by atoms with Crippen LogP contribution in [0.1, 0.15) is 12.0 Å². The fraction of sp³-hybridized carbons (Fsp3) is 0.231. The number of halogens is 2. The van der Waals surface area contributed by atoms with Gasteiger partial charge in [-0.15, -0.1) is 6.58 Å². The molecule has 0 heterocycles. The summed E-state index contributed by atoms with van der Waals surface area (Å²) < 4.78 is 0. The Labute approximate surface area is 126 Å². The molecule has 0 aromatic heterocycles. The largest absolute Gasteiger partial charge is 0.480 e. The first kappa shape index (κ1) is 16.3. The molecule has 0 bridgehead atoms. The highest BCUT2D eigenvalue weighted by Crippen LogP contribution is 2.32. The third kappa shape index (κ3) is 4.15. The van der Waals surface area contributed by atoms with Crippen LogP contribution in [0, 0.1) is 6.92 Å². The first-order valence-corrected chi connectivity index (χ1v) is 6.48. The van der Waals surface area contributed by atoms with Gasteiger partial charge < -0.3 is 15.7 Å². The molecule has 0 aliphatic rings. The molecule has 1 aromatic rings. The number of benzene rings is 1. The van der Waals surface area contributed by atoms with Crippen molar-refractivity contribution in [2.75, 3.05) is 5.32 Å². The van der Waals surface area contributed by atoms with E-state index in [0.29, 0.717) is 5.02 Å². The molecule has 0 fully saturated rings. The summed E-state index contributed by atoms with van der Waals surface area (Å²) in [5.41, 5.74) is 0.987. The topological polar surface area (TPSA) is 78.4 Å². The van der Waals surface area contributed by atoms with Gasteiger partial charge in [-0.2, -0.15) is 0 Å². The van der Waals surface area contributed by atoms with E-state index in [1.807, 2.05) is 0 Å². The smallest absolute Gasteiger partial charge is 0.326 e. The van der Waals surface area contributed by atoms with Crippen molar-refractivity contribution in [2.45, 2.75) is 19.4 Å². The monoisotopic (exact) mass is 316 g/mol. The summed E-state index contributed by atoms with van der Waals surface area (Å²) >= 11 is 12.0. The summed E-state index contributed by atoms with van der Waals surface area (Å²) in [6, 6.07) is 1.55. The molecule has 0 radical (unpaired) electrons. The molecule has 0 spiro atoms. The number of hydrogen-bond donors (Lipinski definition) is 3. The van der Waals surface area contributed by atoms with Gasteiger partial charge in [0.05, 0.1) is 15.7 Å². The van der Waals surface area contributed by atoms with Crippen LogP contribution in [0.15, 0.2) is 24.8 Å². The van der Waals surface area contributed by atoms with Crippen molar-refractivity contribution in [3.8, 4) is 0 Å². The van der Waals surface area contributed by atoms with E-state index in [0.717, 1.165) is 5.56 Å². The zero-order valence-electron chi connectivity index (χ0n) is 10.7. The molecule has 108 valence electrons. The van der Waals surface area contributed by atoms with Gasteiger partial charge >= 0.3 is 12.0 Å². The lowest BCUT2D eigenvalue weighted by atomic mass is 10.2. The van der Waals surface area contributed by atoms with Crippen molar-refractivity contribution in [1.82, 2.24) is 5.32 Å². The van der Waals surface area contributed by atoms with Crippen LogP contribution in [0.25, 0.3) is 0 Å². The van der Waals surface area contributed by atoms with Crippen molar-refractivity contribution < 1.29 is 14.7 Å². The second kappa shape index (κ2) is 7.17. The minimum Gasteiger partial charge on any atom is -0.480 e. The SMILES string of the molecule is C=CCC(NC(=O)Nc1c(Cl)ccc(C)c1Cl)C(=O)O. The number of hydrogen-bond acceptors (Lipinski definition) is 2. The van der Waals surface area contributed by atoms with E-state index >= 15 is 0 Å². The molecule has 1 unspecified atom stereocenters. The Balaban J connectivity index is 2.83. The van der Waals surface area contributed by atoms with Crippen molar-refractivity contribution in [1.29, 1.82) is 0 Å². The van der Waals surface area contributed by atoms with Gasteiger partial charge in [-0.05, 0) is 25.0 Å². The zero-order valence-corrected chi connectivity index (χ0v) is 12.3. The van der Waals surface area contributed by atoms with Crippen molar-refractivity contribution >= 4 is 40.9 Å². The minimum absolute atomic E-state index is 0.109. The second-order valence-corrected chi connectivity index (χ2v) is 4.85. The Morgan fingerprint density at radius 3 is 2.65 bits per heavy atom. The lowest BCUT2D eigenvalue weighted by Crippen LogP contribution is -2.42. The van der Waals surface area contributed by atoms with Crippen LogP contribution in [-0.2, 0) is 4.79 Å². The number of rotatable bonds is 5. The summed E-state index contributed by atoms with van der Waals surface area (Å²) in [6.07, 6.45) is 1.52. The van der Waals surface area contributed by atoms with Gasteiger partial charge in [-0.3, -0.25) is 0 Å². The normalized spacial score (nSPS) is 11.6. The van der Waals surface area contributed by atoms with Crippen LogP contribution < -0.4 is 10.6 Å². The minimum atomic E-state index is -1.15. The fourth-order valence-electron chi connectivity index (χ4n) is 1.47. The highest BCUT2D eigenvalue weighted by molar-refractivity contribution is 6.40. The van der Waals surface area contributed by atoms with Gasteiger partial charge in [-0.1, -0.05) is 35.3 Å². The molecule has 3 N–H and O–H groups in total. The Hall–Kier alpha value is -1.72. The Kier molecular flexibility index (Phi) is 5.85. The van der Waals surface area contributed by atoms with E-state index in [4.69, 9.17) is 28.3 Å². The molecule has 0 saturated carbocycles. The first-order chi connectivity index (χ1) is 9.36. The van der Waals surface area contributed by atoms with E-state index < -0.39 is 18.0 Å². The number of anilines is 1. The van der Waals surface area contributed by atoms with Crippen LogP contribution in [-0.4, -0.2) is 23.1 Å². The van der Waals surface area contributed by atoms with Crippen LogP contribution in [0.3, 0.4) is 0 Å². The van der Waals surface area contributed by atoms with Crippen LogP contribution in [0.4, 0.5) is 10.5 Å². The molecule has 0 saturated heterocycles. The summed E-state index contributed by atoms with van der Waals surface area (Å²) in [4.78, 5) is 22.7. The van der Waals surface area contributed by atoms with E-state index in [2.05, 4.69) is 17.2 Å². The Morgan fingerprint density at radius 1 is 1.45 bits per heavy atom. The number of aliphatic carboxylic acids is 1. The van der Waals surface area contributed by atoms with Gasteiger partial charge in [0.1, 0.15) is 6.04 Å². The third-order valence-electron chi connectivity index (χ3n) is 2.53. The molecule has 20 heavy (non-hydrogen) atoms. The predicted molar refractivity (Wildman–Crippen MR) is 79.6 cm³/mol. The van der Waals surface area contributed by atoms with E-state index in [1.165, 1.54) is 6.08 Å². The maximum atomic E-state index is 11.8. The van der Waals surface area contributed by atoms with Gasteiger partial charge in [-0.25, -0.2) is 9.59 Å². The Morgan fingerprint density at radius 2 is 2.10 bits per heavy atom. The fourth-order valence-corrected chi connectivity index (χ4v) is 1.93. The average Bonchev–Trinajstić information content (AvgIpc) is 2.38. The van der Waals surface area contributed by atoms with Crippen molar-refractivity contribution in [2.24, 2.45) is 0 Å². The van der Waals surface area contributed by atoms with Gasteiger partial charge in [0.15, 0.2) is 0 Å². The highest BCUT2D eigenvalue weighted by atomic mass is 35.5. The number of carbonyl (C=O) groups excluding carboxylic acids is 1. The molecule has 5 nitrogen and oxygen atoms in total. The summed E-state index contributed by atoms with van der Waals surface area (Å²) in [6.45, 7) is 5.20. The summed E-state index contributed by atoms with van der Waals surface area (Å²) in [5, 5.41) is 14.3. The molecule has 0 aliphatic carbocycles. The molecule has 0 aliphatic heterocycles. The third-order valence-corrected chi connectivity index (χ3v) is 3.33. The lowest BCUT2D eigenvalue weighted by Gasteiger charge is -2.15. The highest BCUT2D eigenvalue weighted by Gasteiger charge is 2.19. The maximum absolute atomic E-state index is 11.8. The molecular weight excluding hydrogens is 303 g/mol. The quantitative estimate of drug-likeness (QED) is 0.728. The van der Waals surface area contributed by atoms with Gasteiger partial charge in [0, 0.05) is 0 Å². The van der Waals surface area contributed by atoms with E-state index in [-0.39, 0.29) is 17.1 Å². The number of aryl methyl sites for hydroxylation is 1. The number of carbonyl (C=O) groups is 2. The predicted octanol–water partition coefficient (Wildman–Crippen LogP) is 3.45. The molecule has 1 atom stereocenters. The lowest BCUT2D eigenvalue weighted by molar-refractivity contribution is -0.139. The van der Waals surface area contributed by atoms with E-state index in [1.54, 1.807) is 19.1 Å². The van der Waals surface area contributed by atoms with E-state index in [9.17, 15) is 9.59 Å².